The minimum absolute atomic E-state index is 0.0682. The summed E-state index contributed by atoms with van der Waals surface area (Å²) < 4.78 is 0. The Hall–Kier alpha value is -1.63. The minimum Gasteiger partial charge on any atom is -0.355 e. The third-order valence-corrected chi connectivity index (χ3v) is 5.03. The average molecular weight is 395 g/mol. The van der Waals surface area contributed by atoms with Crippen molar-refractivity contribution in [1.29, 1.82) is 0 Å². The van der Waals surface area contributed by atoms with E-state index >= 15 is 0 Å². The molecule has 6 nitrogen and oxygen atoms in total. The smallest absolute Gasteiger partial charge is 0.238 e. The van der Waals surface area contributed by atoms with Crippen LogP contribution in [0, 0.1) is 0 Å². The Balaban J connectivity index is 1.61. The lowest BCUT2D eigenvalue weighted by atomic mass is 10.2. The molecule has 0 aliphatic carbocycles. The molecule has 0 aromatic heterocycles. The maximum absolute atomic E-state index is 12.2. The fraction of sp³-hybridized carbons (Fsp3) is 0.600. The van der Waals surface area contributed by atoms with E-state index in [2.05, 4.69) is 27.4 Å². The van der Waals surface area contributed by atoms with E-state index in [4.69, 9.17) is 11.6 Å². The lowest BCUT2D eigenvalue weighted by Gasteiger charge is -2.33. The summed E-state index contributed by atoms with van der Waals surface area (Å²) >= 11 is 6.07. The van der Waals surface area contributed by atoms with Gasteiger partial charge >= 0.3 is 0 Å². The van der Waals surface area contributed by atoms with Gasteiger partial charge in [0.05, 0.1) is 23.8 Å². The summed E-state index contributed by atoms with van der Waals surface area (Å²) in [6, 6.07) is 7.22. The topological polar surface area (TPSA) is 64.7 Å². The predicted octanol–water partition coefficient (Wildman–Crippen LogP) is 2.59. The summed E-state index contributed by atoms with van der Waals surface area (Å²) in [5.74, 6) is 0.0257. The van der Waals surface area contributed by atoms with Crippen molar-refractivity contribution in [2.45, 2.75) is 32.6 Å². The fourth-order valence-corrected chi connectivity index (χ4v) is 3.28. The van der Waals surface area contributed by atoms with E-state index in [1.54, 1.807) is 12.1 Å². The maximum atomic E-state index is 12.2. The normalized spacial score (nSPS) is 15.5. The lowest BCUT2D eigenvalue weighted by molar-refractivity contribution is -0.123. The van der Waals surface area contributed by atoms with Gasteiger partial charge in [0.2, 0.25) is 11.8 Å². The number of rotatable bonds is 10. The maximum Gasteiger partial charge on any atom is 0.238 e. The summed E-state index contributed by atoms with van der Waals surface area (Å²) in [6.45, 7) is 6.86. The Morgan fingerprint density at radius 1 is 0.963 bits per heavy atom. The highest BCUT2D eigenvalue weighted by Gasteiger charge is 2.20. The Morgan fingerprint density at radius 2 is 1.59 bits per heavy atom. The molecule has 1 aliphatic heterocycles. The molecule has 1 heterocycles. The second-order valence-corrected chi connectivity index (χ2v) is 7.40. The number of carbonyl (C=O) groups is 2. The highest BCUT2D eigenvalue weighted by Crippen LogP contribution is 2.20. The monoisotopic (exact) mass is 394 g/mol. The molecule has 7 heteroatoms. The largest absolute Gasteiger partial charge is 0.355 e. The third-order valence-electron chi connectivity index (χ3n) is 4.70. The zero-order valence-corrected chi connectivity index (χ0v) is 16.9. The van der Waals surface area contributed by atoms with Gasteiger partial charge < -0.3 is 10.6 Å². The van der Waals surface area contributed by atoms with Gasteiger partial charge in [-0.1, -0.05) is 49.9 Å². The zero-order chi connectivity index (χ0) is 19.5. The van der Waals surface area contributed by atoms with Crippen LogP contribution in [0.3, 0.4) is 0 Å². The molecule has 1 aliphatic rings. The summed E-state index contributed by atoms with van der Waals surface area (Å²) in [4.78, 5) is 28.4. The Bertz CT molecular complexity index is 603. The molecule has 1 aromatic rings. The molecular weight excluding hydrogens is 364 g/mol. The number of carbonyl (C=O) groups excluding carboxylic acids is 2. The number of piperazine rings is 1. The van der Waals surface area contributed by atoms with Gasteiger partial charge in [-0.3, -0.25) is 19.4 Å². The first-order chi connectivity index (χ1) is 13.1. The lowest BCUT2D eigenvalue weighted by Crippen LogP contribution is -2.51. The number of benzene rings is 1. The molecule has 0 radical (unpaired) electrons. The van der Waals surface area contributed by atoms with Crippen LogP contribution >= 0.6 is 11.6 Å². The fourth-order valence-electron chi connectivity index (χ4n) is 3.10. The standard InChI is InChI=1S/C20H31ClN4O2/c1-2-3-4-7-10-22-19(26)15-24-11-13-25(14-12-24)16-20(27)23-18-9-6-5-8-17(18)21/h5-6,8-9H,2-4,7,10-16H2,1H3,(H,22,26)(H,23,27). The van der Waals surface area contributed by atoms with Crippen LogP contribution in [-0.2, 0) is 9.59 Å². The van der Waals surface area contributed by atoms with Crippen LogP contribution < -0.4 is 10.6 Å². The molecule has 150 valence electrons. The van der Waals surface area contributed by atoms with Crippen molar-refractivity contribution >= 4 is 29.1 Å². The van der Waals surface area contributed by atoms with Crippen LogP contribution in [0.4, 0.5) is 5.69 Å². The second-order valence-electron chi connectivity index (χ2n) is 6.99. The molecule has 27 heavy (non-hydrogen) atoms. The number of nitrogens with one attached hydrogen (secondary N) is 2. The van der Waals surface area contributed by atoms with E-state index in [0.717, 1.165) is 39.1 Å². The minimum atomic E-state index is -0.0682. The van der Waals surface area contributed by atoms with Crippen molar-refractivity contribution < 1.29 is 9.59 Å². The first-order valence-corrected chi connectivity index (χ1v) is 10.2. The second kappa shape index (κ2) is 12.0. The average Bonchev–Trinajstić information content (AvgIpc) is 2.65. The molecule has 0 saturated carbocycles. The van der Waals surface area contributed by atoms with E-state index < -0.39 is 0 Å². The first-order valence-electron chi connectivity index (χ1n) is 9.84. The van der Waals surface area contributed by atoms with E-state index in [1.807, 2.05) is 12.1 Å². The Labute approximate surface area is 167 Å². The molecule has 1 saturated heterocycles. The predicted molar refractivity (Wildman–Crippen MR) is 110 cm³/mol. The molecule has 2 rings (SSSR count). The van der Waals surface area contributed by atoms with Crippen molar-refractivity contribution in [3.63, 3.8) is 0 Å². The highest BCUT2D eigenvalue weighted by molar-refractivity contribution is 6.33. The van der Waals surface area contributed by atoms with Gasteiger partial charge in [0.15, 0.2) is 0 Å². The molecular formula is C20H31ClN4O2. The Morgan fingerprint density at radius 3 is 2.22 bits per heavy atom. The van der Waals surface area contributed by atoms with E-state index in [0.29, 0.717) is 23.8 Å². The van der Waals surface area contributed by atoms with Gasteiger partial charge in [-0.15, -0.1) is 0 Å². The van der Waals surface area contributed by atoms with Crippen molar-refractivity contribution in [3.05, 3.63) is 29.3 Å². The van der Waals surface area contributed by atoms with Crippen LogP contribution in [0.25, 0.3) is 0 Å². The number of unbranched alkanes of at least 4 members (excludes halogenated alkanes) is 3. The van der Waals surface area contributed by atoms with Crippen LogP contribution in [-0.4, -0.2) is 67.4 Å². The van der Waals surface area contributed by atoms with Gasteiger partial charge in [0.25, 0.3) is 0 Å². The number of nitrogens with zero attached hydrogens (tertiary/aromatic N) is 2. The van der Waals surface area contributed by atoms with Gasteiger partial charge in [0, 0.05) is 32.7 Å². The van der Waals surface area contributed by atoms with Gasteiger partial charge in [-0.2, -0.15) is 0 Å². The summed E-state index contributed by atoms with van der Waals surface area (Å²) in [5, 5.41) is 6.38. The quantitative estimate of drug-likeness (QED) is 0.599. The van der Waals surface area contributed by atoms with Gasteiger partial charge in [0.1, 0.15) is 0 Å². The van der Waals surface area contributed by atoms with E-state index in [9.17, 15) is 9.59 Å². The summed E-state index contributed by atoms with van der Waals surface area (Å²) in [6.07, 6.45) is 4.65. The van der Waals surface area contributed by atoms with Gasteiger partial charge in [-0.25, -0.2) is 0 Å². The summed E-state index contributed by atoms with van der Waals surface area (Å²) in [7, 11) is 0. The van der Waals surface area contributed by atoms with Crippen LogP contribution in [0.15, 0.2) is 24.3 Å². The van der Waals surface area contributed by atoms with E-state index in [-0.39, 0.29) is 11.8 Å². The number of hydrogen-bond donors (Lipinski definition) is 2. The van der Waals surface area contributed by atoms with Crippen molar-refractivity contribution in [2.75, 3.05) is 51.1 Å². The van der Waals surface area contributed by atoms with Crippen LogP contribution in [0.2, 0.25) is 5.02 Å². The van der Waals surface area contributed by atoms with Crippen LogP contribution in [0.5, 0.6) is 0 Å². The molecule has 1 aromatic carbocycles. The molecule has 2 amide bonds. The number of anilines is 1. The molecule has 2 N–H and O–H groups in total. The van der Waals surface area contributed by atoms with E-state index in [1.165, 1.54) is 19.3 Å². The highest BCUT2D eigenvalue weighted by atomic mass is 35.5. The number of amides is 2. The number of hydrogen-bond acceptors (Lipinski definition) is 4. The summed E-state index contributed by atoms with van der Waals surface area (Å²) in [5.41, 5.74) is 0.637. The number of para-hydroxylation sites is 1. The first kappa shape index (κ1) is 21.7. The zero-order valence-electron chi connectivity index (χ0n) is 16.2. The SMILES string of the molecule is CCCCCCNC(=O)CN1CCN(CC(=O)Nc2ccccc2Cl)CC1. The van der Waals surface area contributed by atoms with Crippen LogP contribution in [0.1, 0.15) is 32.6 Å². The Kier molecular flexibility index (Phi) is 9.59. The molecule has 1 fully saturated rings. The van der Waals surface area contributed by atoms with Crippen molar-refractivity contribution in [3.8, 4) is 0 Å². The molecule has 0 bridgehead atoms. The van der Waals surface area contributed by atoms with Gasteiger partial charge in [-0.05, 0) is 18.6 Å². The molecule has 0 spiro atoms. The van der Waals surface area contributed by atoms with Crippen molar-refractivity contribution in [1.82, 2.24) is 15.1 Å². The molecule has 0 unspecified atom stereocenters. The molecule has 0 atom stereocenters. The van der Waals surface area contributed by atoms with Crippen molar-refractivity contribution in [2.24, 2.45) is 0 Å². The number of halogens is 1. The third kappa shape index (κ3) is 8.28.